The molecule has 1 aromatic carbocycles. The highest BCUT2D eigenvalue weighted by Crippen LogP contribution is 2.30. The molecule has 0 aromatic heterocycles. The second-order valence-electron chi connectivity index (χ2n) is 6.77. The van der Waals surface area contributed by atoms with Crippen molar-refractivity contribution in [3.63, 3.8) is 0 Å². The van der Waals surface area contributed by atoms with Crippen molar-refractivity contribution in [1.82, 2.24) is 9.80 Å². The molecule has 0 saturated carbocycles. The van der Waals surface area contributed by atoms with Crippen molar-refractivity contribution < 1.29 is 4.79 Å². The number of rotatable bonds is 3. The third kappa shape index (κ3) is 3.47. The summed E-state index contributed by atoms with van der Waals surface area (Å²) in [4.78, 5) is 17.5. The first-order valence-corrected chi connectivity index (χ1v) is 7.41. The normalized spacial score (nSPS) is 19.8. The summed E-state index contributed by atoms with van der Waals surface area (Å²) in [6.07, 6.45) is 0. The topological polar surface area (TPSA) is 23.6 Å². The minimum absolute atomic E-state index is 0.107. The maximum Gasteiger partial charge on any atom is 0.159 e. The van der Waals surface area contributed by atoms with E-state index in [0.717, 1.165) is 31.7 Å². The molecule has 1 aliphatic rings. The molecule has 1 atom stereocenters. The number of piperazine rings is 1. The summed E-state index contributed by atoms with van der Waals surface area (Å²) in [6, 6.07) is 10.1. The Hall–Kier alpha value is -1.19. The number of Topliss-reactive ketones (excluding diaryl/α,β-unsaturated/α-hetero) is 1. The van der Waals surface area contributed by atoms with Gasteiger partial charge in [-0.05, 0) is 12.6 Å². The van der Waals surface area contributed by atoms with E-state index in [-0.39, 0.29) is 11.5 Å². The van der Waals surface area contributed by atoms with Crippen LogP contribution in [0.5, 0.6) is 0 Å². The molecule has 0 bridgehead atoms. The number of carbonyl (C=O) groups excluding carboxylic acids is 1. The van der Waals surface area contributed by atoms with Crippen LogP contribution in [0, 0.1) is 5.41 Å². The SMILES string of the molecule is CN1CCN([C@@H](C(=O)C(C)(C)C)c2ccccc2)CC1. The summed E-state index contributed by atoms with van der Waals surface area (Å²) in [6.45, 7) is 10.0. The number of nitrogens with zero attached hydrogens (tertiary/aromatic N) is 2. The predicted octanol–water partition coefficient (Wildman–Crippen LogP) is 2.59. The molecule has 20 heavy (non-hydrogen) atoms. The first-order valence-electron chi connectivity index (χ1n) is 7.41. The molecule has 0 N–H and O–H groups in total. The lowest BCUT2D eigenvalue weighted by molar-refractivity contribution is -0.132. The van der Waals surface area contributed by atoms with Crippen LogP contribution in [0.25, 0.3) is 0 Å². The van der Waals surface area contributed by atoms with Crippen molar-refractivity contribution in [3.05, 3.63) is 35.9 Å². The zero-order valence-corrected chi connectivity index (χ0v) is 13.1. The molecule has 0 amide bonds. The molecule has 1 aromatic rings. The van der Waals surface area contributed by atoms with Gasteiger partial charge in [-0.1, -0.05) is 51.1 Å². The number of hydrogen-bond acceptors (Lipinski definition) is 3. The van der Waals surface area contributed by atoms with Crippen molar-refractivity contribution in [2.75, 3.05) is 33.2 Å². The monoisotopic (exact) mass is 274 g/mol. The second-order valence-corrected chi connectivity index (χ2v) is 6.77. The third-order valence-electron chi connectivity index (χ3n) is 4.01. The van der Waals surface area contributed by atoms with Crippen LogP contribution in [-0.4, -0.2) is 48.8 Å². The fourth-order valence-electron chi connectivity index (χ4n) is 2.65. The van der Waals surface area contributed by atoms with Gasteiger partial charge < -0.3 is 4.90 Å². The van der Waals surface area contributed by atoms with Gasteiger partial charge in [-0.3, -0.25) is 9.69 Å². The van der Waals surface area contributed by atoms with Gasteiger partial charge in [0.05, 0.1) is 6.04 Å². The van der Waals surface area contributed by atoms with Crippen molar-refractivity contribution in [1.29, 1.82) is 0 Å². The number of benzene rings is 1. The van der Waals surface area contributed by atoms with E-state index in [9.17, 15) is 4.79 Å². The lowest BCUT2D eigenvalue weighted by Gasteiger charge is -2.39. The number of hydrogen-bond donors (Lipinski definition) is 0. The van der Waals surface area contributed by atoms with Gasteiger partial charge >= 0.3 is 0 Å². The maximum absolute atomic E-state index is 12.9. The van der Waals surface area contributed by atoms with Crippen molar-refractivity contribution in [2.24, 2.45) is 5.41 Å². The predicted molar refractivity (Wildman–Crippen MR) is 82.7 cm³/mol. The van der Waals surface area contributed by atoms with Gasteiger partial charge in [-0.25, -0.2) is 0 Å². The van der Waals surface area contributed by atoms with Crippen LogP contribution >= 0.6 is 0 Å². The average molecular weight is 274 g/mol. The minimum Gasteiger partial charge on any atom is -0.304 e. The molecule has 110 valence electrons. The number of likely N-dealkylation sites (N-methyl/N-ethyl adjacent to an activating group) is 1. The maximum atomic E-state index is 12.9. The summed E-state index contributed by atoms with van der Waals surface area (Å²) in [5, 5.41) is 0. The molecule has 3 heteroatoms. The average Bonchev–Trinajstić information content (AvgIpc) is 2.41. The molecule has 2 rings (SSSR count). The summed E-state index contributed by atoms with van der Waals surface area (Å²) in [5.74, 6) is 0.313. The van der Waals surface area contributed by atoms with Gasteiger partial charge in [-0.15, -0.1) is 0 Å². The van der Waals surface area contributed by atoms with E-state index in [1.807, 2.05) is 39.0 Å². The number of ketones is 1. The Bertz CT molecular complexity index is 442. The molecule has 0 unspecified atom stereocenters. The van der Waals surface area contributed by atoms with Crippen molar-refractivity contribution >= 4 is 5.78 Å². The fraction of sp³-hybridized carbons (Fsp3) is 0.588. The van der Waals surface area contributed by atoms with Gasteiger partial charge in [0.1, 0.15) is 0 Å². The molecular formula is C17H26N2O. The van der Waals surface area contributed by atoms with Crippen LogP contribution in [0.4, 0.5) is 0 Å². The molecule has 1 heterocycles. The van der Waals surface area contributed by atoms with Gasteiger partial charge in [0.15, 0.2) is 5.78 Å². The highest BCUT2D eigenvalue weighted by Gasteiger charge is 2.35. The van der Waals surface area contributed by atoms with Crippen molar-refractivity contribution in [3.8, 4) is 0 Å². The Labute approximate surface area is 122 Å². The standard InChI is InChI=1S/C17H26N2O/c1-17(2,3)16(20)15(14-8-6-5-7-9-14)19-12-10-18(4)11-13-19/h5-9,15H,10-13H2,1-4H3/t15-/m1/s1. The molecule has 1 saturated heterocycles. The van der Waals surface area contributed by atoms with Crippen LogP contribution in [-0.2, 0) is 4.79 Å². The van der Waals surface area contributed by atoms with Crippen molar-refractivity contribution in [2.45, 2.75) is 26.8 Å². The minimum atomic E-state index is -0.316. The smallest absolute Gasteiger partial charge is 0.159 e. The zero-order valence-electron chi connectivity index (χ0n) is 13.1. The summed E-state index contributed by atoms with van der Waals surface area (Å²) in [7, 11) is 2.14. The van der Waals surface area contributed by atoms with Gasteiger partial charge in [0.25, 0.3) is 0 Å². The Kier molecular flexibility index (Phi) is 4.61. The molecule has 1 fully saturated rings. The summed E-state index contributed by atoms with van der Waals surface area (Å²) >= 11 is 0. The summed E-state index contributed by atoms with van der Waals surface area (Å²) in [5.41, 5.74) is 0.807. The van der Waals surface area contributed by atoms with E-state index >= 15 is 0 Å². The Morgan fingerprint density at radius 3 is 2.10 bits per heavy atom. The molecule has 0 radical (unpaired) electrons. The Morgan fingerprint density at radius 1 is 1.05 bits per heavy atom. The van der Waals surface area contributed by atoms with E-state index in [0.29, 0.717) is 5.78 Å². The third-order valence-corrected chi connectivity index (χ3v) is 4.01. The zero-order chi connectivity index (χ0) is 14.8. The van der Waals surface area contributed by atoms with E-state index in [4.69, 9.17) is 0 Å². The van der Waals surface area contributed by atoms with Gasteiger partial charge in [0.2, 0.25) is 0 Å². The number of carbonyl (C=O) groups is 1. The summed E-state index contributed by atoms with van der Waals surface area (Å²) < 4.78 is 0. The lowest BCUT2D eigenvalue weighted by atomic mass is 9.83. The first-order chi connectivity index (χ1) is 9.39. The highest BCUT2D eigenvalue weighted by molar-refractivity contribution is 5.89. The van der Waals surface area contributed by atoms with E-state index in [2.05, 4.69) is 29.0 Å². The van der Waals surface area contributed by atoms with Crippen LogP contribution in [0.15, 0.2) is 30.3 Å². The van der Waals surface area contributed by atoms with E-state index in [1.54, 1.807) is 0 Å². The van der Waals surface area contributed by atoms with Gasteiger partial charge in [-0.2, -0.15) is 0 Å². The second kappa shape index (κ2) is 6.06. The fourth-order valence-corrected chi connectivity index (χ4v) is 2.65. The molecule has 3 nitrogen and oxygen atoms in total. The molecule has 1 aliphatic heterocycles. The molecular weight excluding hydrogens is 248 g/mol. The first kappa shape index (κ1) is 15.2. The lowest BCUT2D eigenvalue weighted by Crippen LogP contribution is -2.49. The molecule has 0 spiro atoms. The van der Waals surface area contributed by atoms with Crippen LogP contribution in [0.2, 0.25) is 0 Å². The molecule has 0 aliphatic carbocycles. The van der Waals surface area contributed by atoms with E-state index in [1.165, 1.54) is 0 Å². The highest BCUT2D eigenvalue weighted by atomic mass is 16.1. The quantitative estimate of drug-likeness (QED) is 0.846. The van der Waals surface area contributed by atoms with Crippen LogP contribution in [0.3, 0.4) is 0 Å². The van der Waals surface area contributed by atoms with E-state index < -0.39 is 0 Å². The van der Waals surface area contributed by atoms with Crippen LogP contribution < -0.4 is 0 Å². The van der Waals surface area contributed by atoms with Crippen LogP contribution in [0.1, 0.15) is 32.4 Å². The largest absolute Gasteiger partial charge is 0.304 e. The van der Waals surface area contributed by atoms with Gasteiger partial charge in [0, 0.05) is 31.6 Å². The Morgan fingerprint density at radius 2 is 1.60 bits per heavy atom. The Balaban J connectivity index is 2.28.